The Balaban J connectivity index is 2.44. The van der Waals surface area contributed by atoms with Crippen LogP contribution in [0.1, 0.15) is 45.9 Å². The molecule has 1 aromatic rings. The van der Waals surface area contributed by atoms with Crippen LogP contribution >= 0.6 is 11.6 Å². The van der Waals surface area contributed by atoms with Gasteiger partial charge in [-0.25, -0.2) is 9.97 Å². The van der Waals surface area contributed by atoms with E-state index in [0.29, 0.717) is 42.2 Å². The number of hydrogen-bond donors (Lipinski definition) is 2. The fourth-order valence-electron chi connectivity index (χ4n) is 1.49. The summed E-state index contributed by atoms with van der Waals surface area (Å²) in [6.45, 7) is 9.37. The number of carbonyl (C=O) groups is 1. The summed E-state index contributed by atoms with van der Waals surface area (Å²) in [5, 5.41) is 6.39. The van der Waals surface area contributed by atoms with Crippen molar-refractivity contribution in [2.75, 3.05) is 18.4 Å². The fraction of sp³-hybridized carbons (Fsp3) is 0.643. The summed E-state index contributed by atoms with van der Waals surface area (Å²) < 4.78 is 0. The third-order valence-electron chi connectivity index (χ3n) is 2.59. The zero-order chi connectivity index (χ0) is 15.1. The lowest BCUT2D eigenvalue weighted by Crippen LogP contribution is -2.28. The van der Waals surface area contributed by atoms with Gasteiger partial charge in [0.25, 0.3) is 0 Å². The van der Waals surface area contributed by atoms with Gasteiger partial charge in [0, 0.05) is 31.5 Å². The molecule has 0 bridgehead atoms. The van der Waals surface area contributed by atoms with Gasteiger partial charge in [0.1, 0.15) is 16.8 Å². The SMILES string of the molecule is CC(C)CNC(=O)CCNc1cc(Cl)nc(C(C)C)n1. The van der Waals surface area contributed by atoms with Crippen molar-refractivity contribution in [3.63, 3.8) is 0 Å². The lowest BCUT2D eigenvalue weighted by Gasteiger charge is -2.10. The van der Waals surface area contributed by atoms with E-state index in [1.807, 2.05) is 13.8 Å². The van der Waals surface area contributed by atoms with E-state index in [-0.39, 0.29) is 11.8 Å². The molecule has 20 heavy (non-hydrogen) atoms. The van der Waals surface area contributed by atoms with Gasteiger partial charge in [0.15, 0.2) is 0 Å². The Hall–Kier alpha value is -1.36. The second kappa shape index (κ2) is 8.04. The Morgan fingerprint density at radius 2 is 2.00 bits per heavy atom. The largest absolute Gasteiger partial charge is 0.369 e. The minimum Gasteiger partial charge on any atom is -0.369 e. The van der Waals surface area contributed by atoms with E-state index in [4.69, 9.17) is 11.6 Å². The maximum Gasteiger partial charge on any atom is 0.221 e. The predicted molar refractivity (Wildman–Crippen MR) is 82.1 cm³/mol. The Morgan fingerprint density at radius 1 is 1.30 bits per heavy atom. The van der Waals surface area contributed by atoms with Crippen molar-refractivity contribution in [2.45, 2.75) is 40.0 Å². The van der Waals surface area contributed by atoms with E-state index in [0.717, 1.165) is 0 Å². The van der Waals surface area contributed by atoms with Gasteiger partial charge in [-0.1, -0.05) is 39.3 Å². The van der Waals surface area contributed by atoms with Crippen molar-refractivity contribution in [2.24, 2.45) is 5.92 Å². The normalized spacial score (nSPS) is 10.9. The van der Waals surface area contributed by atoms with E-state index < -0.39 is 0 Å². The molecule has 0 aliphatic heterocycles. The van der Waals surface area contributed by atoms with E-state index in [9.17, 15) is 4.79 Å². The van der Waals surface area contributed by atoms with Gasteiger partial charge >= 0.3 is 0 Å². The topological polar surface area (TPSA) is 66.9 Å². The van der Waals surface area contributed by atoms with Crippen LogP contribution in [0.2, 0.25) is 5.15 Å². The summed E-state index contributed by atoms with van der Waals surface area (Å²) in [7, 11) is 0. The first kappa shape index (κ1) is 16.7. The smallest absolute Gasteiger partial charge is 0.221 e. The molecule has 0 aliphatic carbocycles. The van der Waals surface area contributed by atoms with Gasteiger partial charge in [-0.2, -0.15) is 0 Å². The highest BCUT2D eigenvalue weighted by Gasteiger charge is 2.07. The molecule has 0 fully saturated rings. The first-order chi connectivity index (χ1) is 9.38. The van der Waals surface area contributed by atoms with Gasteiger partial charge in [-0.05, 0) is 5.92 Å². The van der Waals surface area contributed by atoms with Crippen LogP contribution in [0.4, 0.5) is 5.82 Å². The summed E-state index contributed by atoms with van der Waals surface area (Å²) in [6.07, 6.45) is 0.408. The molecule has 6 heteroatoms. The monoisotopic (exact) mass is 298 g/mol. The molecule has 0 aliphatic rings. The van der Waals surface area contributed by atoms with Crippen molar-refractivity contribution in [3.05, 3.63) is 17.0 Å². The molecule has 0 aromatic carbocycles. The maximum atomic E-state index is 11.6. The molecular formula is C14H23ClN4O. The zero-order valence-electron chi connectivity index (χ0n) is 12.5. The van der Waals surface area contributed by atoms with Gasteiger partial charge < -0.3 is 10.6 Å². The number of hydrogen-bond acceptors (Lipinski definition) is 4. The highest BCUT2D eigenvalue weighted by atomic mass is 35.5. The lowest BCUT2D eigenvalue weighted by molar-refractivity contribution is -0.120. The molecule has 1 heterocycles. The Labute approximate surface area is 125 Å². The Morgan fingerprint density at radius 3 is 2.60 bits per heavy atom. The molecular weight excluding hydrogens is 276 g/mol. The summed E-state index contributed by atoms with van der Waals surface area (Å²) >= 11 is 5.95. The van der Waals surface area contributed by atoms with Crippen LogP contribution in [0, 0.1) is 5.92 Å². The van der Waals surface area contributed by atoms with Crippen LogP contribution in [0.15, 0.2) is 6.07 Å². The van der Waals surface area contributed by atoms with Crippen LogP contribution in [-0.2, 0) is 4.79 Å². The van der Waals surface area contributed by atoms with E-state index >= 15 is 0 Å². The van der Waals surface area contributed by atoms with Crippen LogP contribution < -0.4 is 10.6 Å². The molecule has 0 saturated carbocycles. The molecule has 1 aromatic heterocycles. The highest BCUT2D eigenvalue weighted by Crippen LogP contribution is 2.16. The third kappa shape index (κ3) is 6.19. The average molecular weight is 299 g/mol. The van der Waals surface area contributed by atoms with Gasteiger partial charge in [-0.3, -0.25) is 4.79 Å². The van der Waals surface area contributed by atoms with Crippen LogP contribution in [0.25, 0.3) is 0 Å². The van der Waals surface area contributed by atoms with Crippen LogP contribution in [-0.4, -0.2) is 29.0 Å². The van der Waals surface area contributed by atoms with Crippen molar-refractivity contribution in [1.82, 2.24) is 15.3 Å². The van der Waals surface area contributed by atoms with Crippen molar-refractivity contribution in [3.8, 4) is 0 Å². The number of aromatic nitrogens is 2. The molecule has 0 radical (unpaired) electrons. The second-order valence-corrected chi connectivity index (χ2v) is 5.85. The summed E-state index contributed by atoms with van der Waals surface area (Å²) in [4.78, 5) is 20.1. The molecule has 0 spiro atoms. The lowest BCUT2D eigenvalue weighted by atomic mass is 10.2. The maximum absolute atomic E-state index is 11.6. The van der Waals surface area contributed by atoms with E-state index in [1.165, 1.54) is 0 Å². The Bertz CT molecular complexity index is 449. The Kier molecular flexibility index (Phi) is 6.71. The van der Waals surface area contributed by atoms with Crippen LogP contribution in [0.3, 0.4) is 0 Å². The van der Waals surface area contributed by atoms with E-state index in [2.05, 4.69) is 34.4 Å². The third-order valence-corrected chi connectivity index (χ3v) is 2.79. The molecule has 0 unspecified atom stereocenters. The molecule has 5 nitrogen and oxygen atoms in total. The number of halogens is 1. The number of anilines is 1. The average Bonchev–Trinajstić information content (AvgIpc) is 2.35. The van der Waals surface area contributed by atoms with Crippen molar-refractivity contribution in [1.29, 1.82) is 0 Å². The van der Waals surface area contributed by atoms with Crippen molar-refractivity contribution >= 4 is 23.3 Å². The van der Waals surface area contributed by atoms with Gasteiger partial charge in [0.05, 0.1) is 0 Å². The number of carbonyl (C=O) groups excluding carboxylic acids is 1. The van der Waals surface area contributed by atoms with Gasteiger partial charge in [-0.15, -0.1) is 0 Å². The number of amides is 1. The molecule has 2 N–H and O–H groups in total. The molecule has 1 rings (SSSR count). The zero-order valence-corrected chi connectivity index (χ0v) is 13.3. The van der Waals surface area contributed by atoms with Gasteiger partial charge in [0.2, 0.25) is 5.91 Å². The summed E-state index contributed by atoms with van der Waals surface area (Å²) in [5.41, 5.74) is 0. The predicted octanol–water partition coefficient (Wildman–Crippen LogP) is 2.83. The first-order valence-corrected chi connectivity index (χ1v) is 7.31. The quantitative estimate of drug-likeness (QED) is 0.760. The first-order valence-electron chi connectivity index (χ1n) is 6.93. The highest BCUT2D eigenvalue weighted by molar-refractivity contribution is 6.29. The number of rotatable bonds is 7. The fourth-order valence-corrected chi connectivity index (χ4v) is 1.68. The molecule has 112 valence electrons. The molecule has 1 amide bonds. The summed E-state index contributed by atoms with van der Waals surface area (Å²) in [6, 6.07) is 1.67. The van der Waals surface area contributed by atoms with Crippen LogP contribution in [0.5, 0.6) is 0 Å². The number of nitrogens with one attached hydrogen (secondary N) is 2. The second-order valence-electron chi connectivity index (χ2n) is 5.46. The number of nitrogens with zero attached hydrogens (tertiary/aromatic N) is 2. The molecule has 0 atom stereocenters. The summed E-state index contributed by atoms with van der Waals surface area (Å²) in [5.74, 6) is 2.06. The minimum atomic E-state index is 0.0374. The van der Waals surface area contributed by atoms with E-state index in [1.54, 1.807) is 6.07 Å². The van der Waals surface area contributed by atoms with Crippen molar-refractivity contribution < 1.29 is 4.79 Å². The molecule has 0 saturated heterocycles. The minimum absolute atomic E-state index is 0.0374. The standard InChI is InChI=1S/C14H23ClN4O/c1-9(2)8-17-13(20)5-6-16-12-7-11(15)18-14(19-12)10(3)4/h7,9-10H,5-6,8H2,1-4H3,(H,17,20)(H,16,18,19).